The topological polar surface area (TPSA) is 79.0 Å². The van der Waals surface area contributed by atoms with E-state index in [1.54, 1.807) is 24.3 Å². The average Bonchev–Trinajstić information content (AvgIpc) is 2.47. The van der Waals surface area contributed by atoms with Crippen molar-refractivity contribution in [2.75, 3.05) is 4.72 Å². The number of sulfonamides is 1. The molecule has 5 nitrogen and oxygen atoms in total. The molecule has 0 aliphatic heterocycles. The van der Waals surface area contributed by atoms with Crippen LogP contribution < -0.4 is 10.3 Å². The molecule has 1 heterocycles. The first-order chi connectivity index (χ1) is 10.5. The van der Waals surface area contributed by atoms with Crippen molar-refractivity contribution in [3.05, 3.63) is 70.1 Å². The molecular weight excluding hydrogens is 324 g/mol. The molecule has 1 aromatic heterocycles. The first kappa shape index (κ1) is 14.6. The van der Waals surface area contributed by atoms with Gasteiger partial charge in [0.05, 0.1) is 4.90 Å². The lowest BCUT2D eigenvalue weighted by molar-refractivity contribution is 0.601. The van der Waals surface area contributed by atoms with Crippen molar-refractivity contribution in [2.45, 2.75) is 4.90 Å². The summed E-state index contributed by atoms with van der Waals surface area (Å²) in [5.41, 5.74) is 0.164. The lowest BCUT2D eigenvalue weighted by Gasteiger charge is -2.09. The Balaban J connectivity index is 1.98. The molecule has 0 saturated carbocycles. The van der Waals surface area contributed by atoms with Gasteiger partial charge in [-0.1, -0.05) is 11.6 Å². The minimum Gasteiger partial charge on any atom is -0.329 e. The number of hydrogen-bond donors (Lipinski definition) is 2. The van der Waals surface area contributed by atoms with E-state index in [0.717, 1.165) is 0 Å². The molecular formula is C15H11ClN2O3S. The molecule has 2 aromatic carbocycles. The fraction of sp³-hybridized carbons (Fsp3) is 0. The number of fused-ring (bicyclic) bond motifs is 1. The monoisotopic (exact) mass is 334 g/mol. The zero-order chi connectivity index (χ0) is 15.7. The van der Waals surface area contributed by atoms with Gasteiger partial charge in [-0.05, 0) is 53.9 Å². The summed E-state index contributed by atoms with van der Waals surface area (Å²) in [6, 6.07) is 12.3. The number of anilines is 1. The number of hydrogen-bond acceptors (Lipinski definition) is 3. The summed E-state index contributed by atoms with van der Waals surface area (Å²) in [5.74, 6) is 0. The van der Waals surface area contributed by atoms with E-state index in [9.17, 15) is 13.2 Å². The maximum Gasteiger partial charge on any atom is 0.261 e. The molecule has 2 N–H and O–H groups in total. The number of rotatable bonds is 3. The van der Waals surface area contributed by atoms with Gasteiger partial charge in [-0.15, -0.1) is 0 Å². The molecule has 0 radical (unpaired) electrons. The van der Waals surface area contributed by atoms with E-state index < -0.39 is 10.0 Å². The Morgan fingerprint density at radius 1 is 1.00 bits per heavy atom. The van der Waals surface area contributed by atoms with Crippen molar-refractivity contribution < 1.29 is 8.42 Å². The van der Waals surface area contributed by atoms with Crippen molar-refractivity contribution in [1.29, 1.82) is 0 Å². The van der Waals surface area contributed by atoms with Crippen LogP contribution in [0.1, 0.15) is 0 Å². The van der Waals surface area contributed by atoms with Crippen LogP contribution in [0.25, 0.3) is 10.8 Å². The van der Waals surface area contributed by atoms with Gasteiger partial charge in [0.1, 0.15) is 0 Å². The molecule has 3 rings (SSSR count). The third-order valence-electron chi connectivity index (χ3n) is 3.15. The first-order valence-corrected chi connectivity index (χ1v) is 8.22. The second-order valence-corrected chi connectivity index (χ2v) is 6.79. The summed E-state index contributed by atoms with van der Waals surface area (Å²) in [6.45, 7) is 0. The van der Waals surface area contributed by atoms with Crippen LogP contribution in [-0.4, -0.2) is 13.4 Å². The van der Waals surface area contributed by atoms with Gasteiger partial charge in [0.25, 0.3) is 15.6 Å². The molecule has 112 valence electrons. The van der Waals surface area contributed by atoms with E-state index in [0.29, 0.717) is 21.5 Å². The number of pyridine rings is 1. The van der Waals surface area contributed by atoms with Crippen LogP contribution in [0.3, 0.4) is 0 Å². The molecule has 0 amide bonds. The van der Waals surface area contributed by atoms with Crippen LogP contribution in [0.2, 0.25) is 5.02 Å². The van der Waals surface area contributed by atoms with Crippen LogP contribution in [-0.2, 0) is 10.0 Å². The number of aromatic amines is 1. The summed E-state index contributed by atoms with van der Waals surface area (Å²) in [6.07, 6.45) is 1.52. The molecule has 0 unspecified atom stereocenters. The molecule has 0 bridgehead atoms. The van der Waals surface area contributed by atoms with E-state index in [4.69, 9.17) is 11.6 Å². The van der Waals surface area contributed by atoms with E-state index in [1.807, 2.05) is 0 Å². The molecule has 7 heteroatoms. The Bertz CT molecular complexity index is 995. The van der Waals surface area contributed by atoms with Gasteiger partial charge in [0.2, 0.25) is 0 Å². The maximum atomic E-state index is 12.3. The quantitative estimate of drug-likeness (QED) is 0.772. The fourth-order valence-corrected chi connectivity index (χ4v) is 3.26. The van der Waals surface area contributed by atoms with Gasteiger partial charge >= 0.3 is 0 Å². The van der Waals surface area contributed by atoms with Crippen LogP contribution in [0, 0.1) is 0 Å². The normalized spacial score (nSPS) is 11.5. The van der Waals surface area contributed by atoms with Crippen molar-refractivity contribution in [2.24, 2.45) is 0 Å². The number of benzene rings is 2. The van der Waals surface area contributed by atoms with Gasteiger partial charge in [-0.2, -0.15) is 0 Å². The Labute approximate surface area is 131 Å². The highest BCUT2D eigenvalue weighted by molar-refractivity contribution is 7.92. The fourth-order valence-electron chi connectivity index (χ4n) is 2.08. The van der Waals surface area contributed by atoms with Gasteiger partial charge in [-0.25, -0.2) is 8.42 Å². The van der Waals surface area contributed by atoms with Gasteiger partial charge in [0, 0.05) is 22.3 Å². The highest BCUT2D eigenvalue weighted by Crippen LogP contribution is 2.21. The van der Waals surface area contributed by atoms with Crippen LogP contribution in [0.15, 0.2) is 64.4 Å². The maximum absolute atomic E-state index is 12.3. The Morgan fingerprint density at radius 2 is 1.73 bits per heavy atom. The van der Waals surface area contributed by atoms with Crippen LogP contribution >= 0.6 is 11.6 Å². The third-order valence-corrected chi connectivity index (χ3v) is 4.80. The molecule has 22 heavy (non-hydrogen) atoms. The smallest absolute Gasteiger partial charge is 0.261 e. The molecule has 0 aliphatic carbocycles. The Kier molecular flexibility index (Phi) is 3.64. The summed E-state index contributed by atoms with van der Waals surface area (Å²) in [7, 11) is -3.70. The summed E-state index contributed by atoms with van der Waals surface area (Å²) in [5, 5.41) is 1.61. The molecule has 3 aromatic rings. The van der Waals surface area contributed by atoms with E-state index in [2.05, 4.69) is 9.71 Å². The average molecular weight is 335 g/mol. The lowest BCUT2D eigenvalue weighted by Crippen LogP contribution is -2.13. The highest BCUT2D eigenvalue weighted by Gasteiger charge is 2.14. The minimum atomic E-state index is -3.70. The summed E-state index contributed by atoms with van der Waals surface area (Å²) in [4.78, 5) is 14.3. The lowest BCUT2D eigenvalue weighted by atomic mass is 10.1. The van der Waals surface area contributed by atoms with Crippen molar-refractivity contribution in [3.8, 4) is 0 Å². The summed E-state index contributed by atoms with van der Waals surface area (Å²) < 4.78 is 27.1. The van der Waals surface area contributed by atoms with Gasteiger partial charge in [0.15, 0.2) is 0 Å². The predicted molar refractivity (Wildman–Crippen MR) is 86.8 cm³/mol. The second kappa shape index (κ2) is 5.47. The zero-order valence-electron chi connectivity index (χ0n) is 11.2. The van der Waals surface area contributed by atoms with Crippen molar-refractivity contribution in [1.82, 2.24) is 4.98 Å². The number of halogens is 1. The van der Waals surface area contributed by atoms with Gasteiger partial charge < -0.3 is 4.98 Å². The van der Waals surface area contributed by atoms with Crippen LogP contribution in [0.4, 0.5) is 5.69 Å². The number of nitrogens with one attached hydrogen (secondary N) is 2. The zero-order valence-corrected chi connectivity index (χ0v) is 12.8. The molecule has 0 fully saturated rings. The molecule has 0 aliphatic rings. The van der Waals surface area contributed by atoms with E-state index in [-0.39, 0.29) is 10.5 Å². The van der Waals surface area contributed by atoms with Crippen LogP contribution in [0.5, 0.6) is 0 Å². The Morgan fingerprint density at radius 3 is 2.45 bits per heavy atom. The highest BCUT2D eigenvalue weighted by atomic mass is 35.5. The second-order valence-electron chi connectivity index (χ2n) is 4.67. The first-order valence-electron chi connectivity index (χ1n) is 6.35. The predicted octanol–water partition coefficient (Wildman–Crippen LogP) is 2.98. The number of aromatic nitrogens is 1. The van der Waals surface area contributed by atoms with Gasteiger partial charge in [-0.3, -0.25) is 9.52 Å². The summed E-state index contributed by atoms with van der Waals surface area (Å²) >= 11 is 5.75. The van der Waals surface area contributed by atoms with E-state index >= 15 is 0 Å². The van der Waals surface area contributed by atoms with E-state index in [1.165, 1.54) is 30.5 Å². The Hall–Kier alpha value is -2.31. The standard InChI is InChI=1S/C15H11ClN2O3S/c16-11-1-4-13(5-2-11)22(20,21)18-12-3-6-14-10(9-12)7-8-17-15(14)19/h1-9,18H,(H,17,19). The molecule has 0 atom stereocenters. The molecule has 0 spiro atoms. The van der Waals surface area contributed by atoms with Crippen molar-refractivity contribution in [3.63, 3.8) is 0 Å². The number of H-pyrrole nitrogens is 1. The third kappa shape index (κ3) is 2.84. The SMILES string of the molecule is O=c1[nH]ccc2cc(NS(=O)(=O)c3ccc(Cl)cc3)ccc12. The minimum absolute atomic E-state index is 0.114. The molecule has 0 saturated heterocycles. The largest absolute Gasteiger partial charge is 0.329 e. The van der Waals surface area contributed by atoms with Crippen molar-refractivity contribution >= 4 is 38.1 Å².